The highest BCUT2D eigenvalue weighted by Crippen LogP contribution is 2.14. The summed E-state index contributed by atoms with van der Waals surface area (Å²) in [7, 11) is 3.53. The Kier molecular flexibility index (Phi) is 4.35. The van der Waals surface area contributed by atoms with Crippen molar-refractivity contribution in [2.24, 2.45) is 7.05 Å². The van der Waals surface area contributed by atoms with E-state index in [1.807, 2.05) is 43.6 Å². The van der Waals surface area contributed by atoms with Crippen LogP contribution in [0.4, 0.5) is 5.69 Å². The number of anilines is 1. The SMILES string of the molecule is COc1ccc(NC(=S)NCc2ccn(C)n2)cc1. The van der Waals surface area contributed by atoms with E-state index >= 15 is 0 Å². The van der Waals surface area contributed by atoms with Crippen molar-refractivity contribution in [3.05, 3.63) is 42.2 Å². The summed E-state index contributed by atoms with van der Waals surface area (Å²) in [4.78, 5) is 0. The highest BCUT2D eigenvalue weighted by Gasteiger charge is 2.00. The maximum Gasteiger partial charge on any atom is 0.171 e. The average molecular weight is 276 g/mol. The summed E-state index contributed by atoms with van der Waals surface area (Å²) in [6.07, 6.45) is 1.90. The molecule has 0 unspecified atom stereocenters. The molecule has 0 saturated carbocycles. The number of methoxy groups -OCH3 is 1. The molecule has 1 aromatic carbocycles. The van der Waals surface area contributed by atoms with Gasteiger partial charge in [0.05, 0.1) is 19.3 Å². The summed E-state index contributed by atoms with van der Waals surface area (Å²) in [5.74, 6) is 0.818. The van der Waals surface area contributed by atoms with Gasteiger partial charge in [-0.25, -0.2) is 0 Å². The van der Waals surface area contributed by atoms with E-state index in [0.29, 0.717) is 11.7 Å². The van der Waals surface area contributed by atoms with Crippen molar-refractivity contribution in [1.29, 1.82) is 0 Å². The van der Waals surface area contributed by atoms with Crippen molar-refractivity contribution < 1.29 is 4.74 Å². The molecule has 0 fully saturated rings. The molecule has 1 heterocycles. The first-order chi connectivity index (χ1) is 9.17. The number of aryl methyl sites for hydroxylation is 1. The molecule has 0 spiro atoms. The highest BCUT2D eigenvalue weighted by atomic mass is 32.1. The number of nitrogens with one attached hydrogen (secondary N) is 2. The Morgan fingerprint density at radius 2 is 2.05 bits per heavy atom. The van der Waals surface area contributed by atoms with Crippen molar-refractivity contribution in [2.75, 3.05) is 12.4 Å². The zero-order valence-corrected chi connectivity index (χ0v) is 11.7. The predicted molar refractivity (Wildman–Crippen MR) is 79.3 cm³/mol. The number of hydrogen-bond donors (Lipinski definition) is 2. The Balaban J connectivity index is 1.83. The van der Waals surface area contributed by atoms with Gasteiger partial charge in [-0.2, -0.15) is 5.10 Å². The van der Waals surface area contributed by atoms with E-state index in [-0.39, 0.29) is 0 Å². The third kappa shape index (κ3) is 3.96. The van der Waals surface area contributed by atoms with Crippen LogP contribution in [0.3, 0.4) is 0 Å². The molecule has 1 aromatic heterocycles. The number of aromatic nitrogens is 2. The summed E-state index contributed by atoms with van der Waals surface area (Å²) in [6, 6.07) is 9.53. The molecule has 19 heavy (non-hydrogen) atoms. The number of nitrogens with zero attached hydrogens (tertiary/aromatic N) is 2. The van der Waals surface area contributed by atoms with Crippen LogP contribution in [0.1, 0.15) is 5.69 Å². The number of thiocarbonyl (C=S) groups is 1. The lowest BCUT2D eigenvalue weighted by atomic mass is 10.3. The minimum absolute atomic E-state index is 0.566. The quantitative estimate of drug-likeness (QED) is 0.836. The molecule has 0 amide bonds. The van der Waals surface area contributed by atoms with Gasteiger partial charge in [0.2, 0.25) is 0 Å². The number of ether oxygens (including phenoxy) is 1. The lowest BCUT2D eigenvalue weighted by Crippen LogP contribution is -2.28. The summed E-state index contributed by atoms with van der Waals surface area (Å²) < 4.78 is 6.86. The number of benzene rings is 1. The maximum absolute atomic E-state index is 5.22. The standard InChI is InChI=1S/C13H16N4OS/c1-17-8-7-11(16-17)9-14-13(19)15-10-3-5-12(18-2)6-4-10/h3-8H,9H2,1-2H3,(H2,14,15,19). The monoisotopic (exact) mass is 276 g/mol. The van der Waals surface area contributed by atoms with Crippen molar-refractivity contribution in [2.45, 2.75) is 6.54 Å². The van der Waals surface area contributed by atoms with Gasteiger partial charge in [-0.3, -0.25) is 4.68 Å². The molecule has 2 rings (SSSR count). The summed E-state index contributed by atoms with van der Waals surface area (Å²) in [5.41, 5.74) is 1.86. The molecular formula is C13H16N4OS. The van der Waals surface area contributed by atoms with Gasteiger partial charge in [0, 0.05) is 18.9 Å². The van der Waals surface area contributed by atoms with Crippen LogP contribution in [0.15, 0.2) is 36.5 Å². The third-order valence-corrected chi connectivity index (χ3v) is 2.79. The molecule has 0 saturated heterocycles. The topological polar surface area (TPSA) is 51.1 Å². The molecule has 0 aliphatic heterocycles. The number of rotatable bonds is 4. The molecule has 2 aromatic rings. The minimum atomic E-state index is 0.566. The van der Waals surface area contributed by atoms with Gasteiger partial charge in [-0.05, 0) is 42.5 Å². The van der Waals surface area contributed by atoms with E-state index in [4.69, 9.17) is 17.0 Å². The Labute approximate surface area is 117 Å². The van der Waals surface area contributed by atoms with E-state index in [0.717, 1.165) is 17.1 Å². The second-order valence-electron chi connectivity index (χ2n) is 4.02. The molecule has 2 N–H and O–H groups in total. The van der Waals surface area contributed by atoms with Gasteiger partial charge < -0.3 is 15.4 Å². The van der Waals surface area contributed by atoms with Gasteiger partial charge >= 0.3 is 0 Å². The van der Waals surface area contributed by atoms with Crippen molar-refractivity contribution in [1.82, 2.24) is 15.1 Å². The van der Waals surface area contributed by atoms with Gasteiger partial charge in [0.25, 0.3) is 0 Å². The van der Waals surface area contributed by atoms with Crippen LogP contribution < -0.4 is 15.4 Å². The van der Waals surface area contributed by atoms with Crippen LogP contribution in [0.25, 0.3) is 0 Å². The zero-order chi connectivity index (χ0) is 13.7. The Hall–Kier alpha value is -2.08. The highest BCUT2D eigenvalue weighted by molar-refractivity contribution is 7.80. The van der Waals surface area contributed by atoms with Crippen molar-refractivity contribution in [3.8, 4) is 5.75 Å². The normalized spacial score (nSPS) is 10.0. The van der Waals surface area contributed by atoms with Crippen molar-refractivity contribution in [3.63, 3.8) is 0 Å². The second-order valence-corrected chi connectivity index (χ2v) is 4.43. The van der Waals surface area contributed by atoms with Crippen LogP contribution in [0.2, 0.25) is 0 Å². The molecule has 0 atom stereocenters. The van der Waals surface area contributed by atoms with E-state index in [1.165, 1.54) is 0 Å². The van der Waals surface area contributed by atoms with Gasteiger partial charge in [0.1, 0.15) is 5.75 Å². The first-order valence-electron chi connectivity index (χ1n) is 5.85. The summed E-state index contributed by atoms with van der Waals surface area (Å²) in [6.45, 7) is 0.600. The van der Waals surface area contributed by atoms with Crippen LogP contribution in [-0.2, 0) is 13.6 Å². The van der Waals surface area contributed by atoms with E-state index in [1.54, 1.807) is 11.8 Å². The smallest absolute Gasteiger partial charge is 0.171 e. The molecular weight excluding hydrogens is 260 g/mol. The molecule has 5 nitrogen and oxygen atoms in total. The third-order valence-electron chi connectivity index (χ3n) is 2.55. The van der Waals surface area contributed by atoms with Gasteiger partial charge in [-0.15, -0.1) is 0 Å². The molecule has 0 aliphatic rings. The minimum Gasteiger partial charge on any atom is -0.497 e. The average Bonchev–Trinajstić information content (AvgIpc) is 2.83. The summed E-state index contributed by atoms with van der Waals surface area (Å²) >= 11 is 5.22. The van der Waals surface area contributed by atoms with E-state index in [2.05, 4.69) is 15.7 Å². The van der Waals surface area contributed by atoms with Crippen LogP contribution in [0, 0.1) is 0 Å². The predicted octanol–water partition coefficient (Wildman–Crippen LogP) is 1.92. The number of hydrogen-bond acceptors (Lipinski definition) is 3. The Morgan fingerprint density at radius 1 is 1.32 bits per heavy atom. The van der Waals surface area contributed by atoms with E-state index in [9.17, 15) is 0 Å². The molecule has 6 heteroatoms. The van der Waals surface area contributed by atoms with E-state index < -0.39 is 0 Å². The van der Waals surface area contributed by atoms with Crippen LogP contribution in [-0.4, -0.2) is 22.0 Å². The first kappa shape index (κ1) is 13.4. The summed E-state index contributed by atoms with van der Waals surface area (Å²) in [5, 5.41) is 11.0. The second kappa shape index (κ2) is 6.19. The Bertz CT molecular complexity index is 550. The van der Waals surface area contributed by atoms with Crippen LogP contribution in [0.5, 0.6) is 5.75 Å². The fourth-order valence-corrected chi connectivity index (χ4v) is 1.77. The molecule has 0 radical (unpaired) electrons. The van der Waals surface area contributed by atoms with Crippen molar-refractivity contribution >= 4 is 23.0 Å². The van der Waals surface area contributed by atoms with Gasteiger partial charge in [-0.1, -0.05) is 0 Å². The molecule has 0 aliphatic carbocycles. The Morgan fingerprint density at radius 3 is 2.63 bits per heavy atom. The zero-order valence-electron chi connectivity index (χ0n) is 10.9. The van der Waals surface area contributed by atoms with Gasteiger partial charge in [0.15, 0.2) is 5.11 Å². The first-order valence-corrected chi connectivity index (χ1v) is 6.25. The molecule has 0 bridgehead atoms. The largest absolute Gasteiger partial charge is 0.497 e. The lowest BCUT2D eigenvalue weighted by Gasteiger charge is -2.09. The molecule has 100 valence electrons. The fraction of sp³-hybridized carbons (Fsp3) is 0.231. The lowest BCUT2D eigenvalue weighted by molar-refractivity contribution is 0.415. The maximum atomic E-state index is 5.22. The van der Waals surface area contributed by atoms with Crippen LogP contribution >= 0.6 is 12.2 Å². The fourth-order valence-electron chi connectivity index (χ4n) is 1.58.